The summed E-state index contributed by atoms with van der Waals surface area (Å²) in [4.78, 5) is 29.6. The zero-order chi connectivity index (χ0) is 18.8. The third-order valence-electron chi connectivity index (χ3n) is 4.07. The van der Waals surface area contributed by atoms with Crippen molar-refractivity contribution >= 4 is 34.5 Å². The lowest BCUT2D eigenvalue weighted by atomic mass is 10.2. The Hall–Kier alpha value is -2.25. The number of aromatic nitrogens is 4. The summed E-state index contributed by atoms with van der Waals surface area (Å²) in [6.07, 6.45) is 1.88. The minimum absolute atomic E-state index is 0.345. The van der Waals surface area contributed by atoms with Gasteiger partial charge in [0.2, 0.25) is 0 Å². The van der Waals surface area contributed by atoms with E-state index in [0.717, 1.165) is 10.1 Å². The molecule has 0 saturated heterocycles. The van der Waals surface area contributed by atoms with Crippen molar-refractivity contribution in [2.75, 3.05) is 5.75 Å². The van der Waals surface area contributed by atoms with Crippen LogP contribution in [0.25, 0.3) is 11.2 Å². The number of hydrogen-bond donors (Lipinski definition) is 0. The van der Waals surface area contributed by atoms with Gasteiger partial charge < -0.3 is 4.57 Å². The van der Waals surface area contributed by atoms with Crippen LogP contribution in [0.15, 0.2) is 56.2 Å². The van der Waals surface area contributed by atoms with Gasteiger partial charge in [-0.1, -0.05) is 59.8 Å². The number of aryl methyl sites for hydroxylation is 1. The number of halogens is 1. The van der Waals surface area contributed by atoms with E-state index < -0.39 is 0 Å². The Labute approximate surface area is 159 Å². The number of benzene rings is 1. The van der Waals surface area contributed by atoms with Gasteiger partial charge in [-0.2, -0.15) is 0 Å². The summed E-state index contributed by atoms with van der Waals surface area (Å²) in [5, 5.41) is 1.38. The van der Waals surface area contributed by atoms with Crippen LogP contribution in [0.3, 0.4) is 0 Å². The van der Waals surface area contributed by atoms with Gasteiger partial charge >= 0.3 is 5.69 Å². The van der Waals surface area contributed by atoms with Gasteiger partial charge in [0.25, 0.3) is 5.56 Å². The molecule has 0 amide bonds. The quantitative estimate of drug-likeness (QED) is 0.628. The van der Waals surface area contributed by atoms with Gasteiger partial charge in [0.15, 0.2) is 16.3 Å². The van der Waals surface area contributed by atoms with E-state index in [0.29, 0.717) is 33.7 Å². The SMILES string of the molecule is CC(Cl)=CCSc1nc2c(c(=O)n(C)c(=O)n2C)n1Cc1ccccc1. The molecule has 136 valence electrons. The van der Waals surface area contributed by atoms with Crippen molar-refractivity contribution in [1.29, 1.82) is 0 Å². The number of fused-ring (bicyclic) bond motifs is 1. The van der Waals surface area contributed by atoms with E-state index in [2.05, 4.69) is 4.98 Å². The first-order valence-electron chi connectivity index (χ1n) is 8.05. The summed E-state index contributed by atoms with van der Waals surface area (Å²) in [6, 6.07) is 9.84. The highest BCUT2D eigenvalue weighted by Gasteiger charge is 2.19. The molecular formula is C18H19ClN4O2S. The van der Waals surface area contributed by atoms with Gasteiger partial charge in [0, 0.05) is 24.9 Å². The summed E-state index contributed by atoms with van der Waals surface area (Å²) in [5.74, 6) is 0.627. The van der Waals surface area contributed by atoms with Crippen molar-refractivity contribution in [3.8, 4) is 0 Å². The van der Waals surface area contributed by atoms with Crippen LogP contribution in [0.2, 0.25) is 0 Å². The summed E-state index contributed by atoms with van der Waals surface area (Å²) in [7, 11) is 3.11. The molecule has 26 heavy (non-hydrogen) atoms. The van der Waals surface area contributed by atoms with E-state index in [1.54, 1.807) is 7.05 Å². The fourth-order valence-electron chi connectivity index (χ4n) is 2.68. The molecule has 0 fully saturated rings. The number of rotatable bonds is 5. The third kappa shape index (κ3) is 3.50. The van der Waals surface area contributed by atoms with Gasteiger partial charge in [-0.05, 0) is 12.5 Å². The van der Waals surface area contributed by atoms with E-state index in [1.165, 1.54) is 23.4 Å². The molecule has 3 rings (SSSR count). The highest BCUT2D eigenvalue weighted by Crippen LogP contribution is 2.23. The lowest BCUT2D eigenvalue weighted by Crippen LogP contribution is -2.37. The third-order valence-corrected chi connectivity index (χ3v) is 5.13. The van der Waals surface area contributed by atoms with Crippen LogP contribution in [0, 0.1) is 0 Å². The first-order valence-corrected chi connectivity index (χ1v) is 9.41. The number of thioether (sulfide) groups is 1. The van der Waals surface area contributed by atoms with E-state index in [9.17, 15) is 9.59 Å². The van der Waals surface area contributed by atoms with Gasteiger partial charge in [-0.3, -0.25) is 13.9 Å². The highest BCUT2D eigenvalue weighted by molar-refractivity contribution is 7.99. The van der Waals surface area contributed by atoms with Crippen molar-refractivity contribution in [3.05, 3.63) is 67.8 Å². The largest absolute Gasteiger partial charge is 0.332 e. The summed E-state index contributed by atoms with van der Waals surface area (Å²) >= 11 is 7.38. The van der Waals surface area contributed by atoms with E-state index in [4.69, 9.17) is 11.6 Å². The van der Waals surface area contributed by atoms with Gasteiger partial charge in [-0.15, -0.1) is 0 Å². The van der Waals surface area contributed by atoms with Gasteiger partial charge in [-0.25, -0.2) is 9.78 Å². The van der Waals surface area contributed by atoms with Crippen molar-refractivity contribution in [2.24, 2.45) is 14.1 Å². The molecule has 8 heteroatoms. The maximum Gasteiger partial charge on any atom is 0.332 e. The van der Waals surface area contributed by atoms with Crippen LogP contribution >= 0.6 is 23.4 Å². The van der Waals surface area contributed by atoms with Crippen LogP contribution in [0.5, 0.6) is 0 Å². The molecule has 0 radical (unpaired) electrons. The Balaban J connectivity index is 2.21. The minimum atomic E-state index is -0.389. The normalized spacial score (nSPS) is 12.1. The average Bonchev–Trinajstić information content (AvgIpc) is 2.97. The highest BCUT2D eigenvalue weighted by atomic mass is 35.5. The Kier molecular flexibility index (Phi) is 5.38. The van der Waals surface area contributed by atoms with Crippen LogP contribution in [0.1, 0.15) is 12.5 Å². The minimum Gasteiger partial charge on any atom is -0.309 e. The fraction of sp³-hybridized carbons (Fsp3) is 0.278. The lowest BCUT2D eigenvalue weighted by molar-refractivity contribution is 0.696. The van der Waals surface area contributed by atoms with E-state index in [1.807, 2.05) is 47.9 Å². The monoisotopic (exact) mass is 390 g/mol. The van der Waals surface area contributed by atoms with Crippen molar-refractivity contribution < 1.29 is 0 Å². The molecule has 0 saturated carbocycles. The molecule has 0 aliphatic heterocycles. The van der Waals surface area contributed by atoms with Crippen LogP contribution in [-0.2, 0) is 20.6 Å². The Morgan fingerprint density at radius 3 is 2.54 bits per heavy atom. The molecule has 0 aliphatic carbocycles. The smallest absolute Gasteiger partial charge is 0.309 e. The van der Waals surface area contributed by atoms with E-state index in [-0.39, 0.29) is 11.2 Å². The second kappa shape index (κ2) is 7.55. The van der Waals surface area contributed by atoms with E-state index >= 15 is 0 Å². The molecule has 2 aromatic heterocycles. The Morgan fingerprint density at radius 2 is 1.88 bits per heavy atom. The molecule has 6 nitrogen and oxygen atoms in total. The maximum absolute atomic E-state index is 12.8. The summed E-state index contributed by atoms with van der Waals surface area (Å²) in [6.45, 7) is 2.31. The topological polar surface area (TPSA) is 61.8 Å². The van der Waals surface area contributed by atoms with Crippen molar-refractivity contribution in [1.82, 2.24) is 18.7 Å². The number of imidazole rings is 1. The molecule has 1 aromatic carbocycles. The fourth-order valence-corrected chi connectivity index (χ4v) is 3.79. The Bertz CT molecular complexity index is 1090. The molecule has 0 N–H and O–H groups in total. The second-order valence-electron chi connectivity index (χ2n) is 5.95. The molecule has 0 unspecified atom stereocenters. The first-order chi connectivity index (χ1) is 12.4. The zero-order valence-electron chi connectivity index (χ0n) is 14.8. The van der Waals surface area contributed by atoms with Crippen molar-refractivity contribution in [2.45, 2.75) is 18.6 Å². The number of allylic oxidation sites excluding steroid dienone is 1. The van der Waals surface area contributed by atoms with Crippen LogP contribution in [-0.4, -0.2) is 24.4 Å². The molecule has 2 heterocycles. The van der Waals surface area contributed by atoms with Crippen molar-refractivity contribution in [3.63, 3.8) is 0 Å². The molecule has 0 atom stereocenters. The molecule has 3 aromatic rings. The van der Waals surface area contributed by atoms with Crippen LogP contribution in [0.4, 0.5) is 0 Å². The van der Waals surface area contributed by atoms with Crippen LogP contribution < -0.4 is 11.2 Å². The predicted molar refractivity (Wildman–Crippen MR) is 106 cm³/mol. The standard InChI is InChI=1S/C18H19ClN4O2S/c1-12(19)9-10-26-17-20-15-14(16(24)22(3)18(25)21(15)2)23(17)11-13-7-5-4-6-8-13/h4-9H,10-11H2,1-3H3. The molecule has 0 bridgehead atoms. The summed E-state index contributed by atoms with van der Waals surface area (Å²) < 4.78 is 4.39. The first kappa shape index (κ1) is 18.5. The second-order valence-corrected chi connectivity index (χ2v) is 7.53. The Morgan fingerprint density at radius 1 is 1.19 bits per heavy atom. The molecule has 0 aliphatic rings. The lowest BCUT2D eigenvalue weighted by Gasteiger charge is -2.09. The predicted octanol–water partition coefficient (Wildman–Crippen LogP) is 2.72. The molecule has 0 spiro atoms. The zero-order valence-corrected chi connectivity index (χ0v) is 16.3. The molecular weight excluding hydrogens is 372 g/mol. The number of nitrogens with zero attached hydrogens (tertiary/aromatic N) is 4. The number of hydrogen-bond acceptors (Lipinski definition) is 4. The van der Waals surface area contributed by atoms with Gasteiger partial charge in [0.05, 0.1) is 6.54 Å². The van der Waals surface area contributed by atoms with Gasteiger partial charge in [0.1, 0.15) is 0 Å². The average molecular weight is 391 g/mol. The maximum atomic E-state index is 12.8. The summed E-state index contributed by atoms with van der Waals surface area (Å²) in [5.41, 5.74) is 1.13.